The van der Waals surface area contributed by atoms with Crippen molar-refractivity contribution >= 4 is 0 Å². The summed E-state index contributed by atoms with van der Waals surface area (Å²) in [6.07, 6.45) is 3.21. The SMILES string of the molecule is COc1ccc(C[NH2+]CC[C@@H](c2ccc(F)cc2)[C@H]2CCOC(C)(C)C2)cc1. The molecule has 1 heterocycles. The molecule has 0 spiro atoms. The molecule has 0 radical (unpaired) electrons. The topological polar surface area (TPSA) is 35.1 Å². The summed E-state index contributed by atoms with van der Waals surface area (Å²) in [6.45, 7) is 7.17. The molecule has 0 aliphatic carbocycles. The molecule has 1 saturated heterocycles. The number of benzene rings is 2. The van der Waals surface area contributed by atoms with Gasteiger partial charge in [-0.05, 0) is 80.5 Å². The highest BCUT2D eigenvalue weighted by molar-refractivity contribution is 5.26. The molecular formula is C24H33FNO2+. The van der Waals surface area contributed by atoms with Crippen LogP contribution in [0.3, 0.4) is 0 Å². The molecule has 2 atom stereocenters. The van der Waals surface area contributed by atoms with Gasteiger partial charge in [0.1, 0.15) is 18.1 Å². The van der Waals surface area contributed by atoms with E-state index < -0.39 is 0 Å². The third-order valence-corrected chi connectivity index (χ3v) is 5.82. The van der Waals surface area contributed by atoms with Gasteiger partial charge in [0.05, 0.1) is 19.3 Å². The smallest absolute Gasteiger partial charge is 0.123 e. The summed E-state index contributed by atoms with van der Waals surface area (Å²) in [6, 6.07) is 15.4. The van der Waals surface area contributed by atoms with Crippen LogP contribution in [0.2, 0.25) is 0 Å². The van der Waals surface area contributed by atoms with Gasteiger partial charge in [0.15, 0.2) is 0 Å². The van der Waals surface area contributed by atoms with Crippen molar-refractivity contribution in [1.29, 1.82) is 0 Å². The maximum Gasteiger partial charge on any atom is 0.123 e. The van der Waals surface area contributed by atoms with Gasteiger partial charge in [0, 0.05) is 18.6 Å². The first kappa shape index (κ1) is 20.8. The Hall–Kier alpha value is -1.91. The number of ether oxygens (including phenoxy) is 2. The molecule has 0 saturated carbocycles. The molecule has 3 rings (SSSR count). The van der Waals surface area contributed by atoms with E-state index >= 15 is 0 Å². The van der Waals surface area contributed by atoms with Gasteiger partial charge >= 0.3 is 0 Å². The number of methoxy groups -OCH3 is 1. The molecule has 152 valence electrons. The van der Waals surface area contributed by atoms with Crippen molar-refractivity contribution in [2.24, 2.45) is 5.92 Å². The van der Waals surface area contributed by atoms with E-state index in [2.05, 4.69) is 31.3 Å². The summed E-state index contributed by atoms with van der Waals surface area (Å²) < 4.78 is 24.6. The summed E-state index contributed by atoms with van der Waals surface area (Å²) in [7, 11) is 1.69. The number of nitrogens with two attached hydrogens (primary N) is 1. The average Bonchev–Trinajstić information content (AvgIpc) is 2.69. The highest BCUT2D eigenvalue weighted by atomic mass is 19.1. The van der Waals surface area contributed by atoms with Crippen LogP contribution < -0.4 is 10.1 Å². The Bertz CT molecular complexity index is 727. The van der Waals surface area contributed by atoms with E-state index in [1.54, 1.807) is 19.2 Å². The van der Waals surface area contributed by atoms with Gasteiger partial charge in [-0.2, -0.15) is 0 Å². The van der Waals surface area contributed by atoms with Crippen LogP contribution in [0.15, 0.2) is 48.5 Å². The number of hydrogen-bond acceptors (Lipinski definition) is 2. The molecule has 0 bridgehead atoms. The number of halogens is 1. The summed E-state index contributed by atoms with van der Waals surface area (Å²) in [5.74, 6) is 1.74. The zero-order chi connectivity index (χ0) is 20.0. The second kappa shape index (κ2) is 9.53. The second-order valence-electron chi connectivity index (χ2n) is 8.44. The molecule has 2 N–H and O–H groups in total. The molecule has 2 aromatic carbocycles. The van der Waals surface area contributed by atoms with E-state index in [-0.39, 0.29) is 11.4 Å². The average molecular weight is 387 g/mol. The summed E-state index contributed by atoms with van der Waals surface area (Å²) in [4.78, 5) is 0. The van der Waals surface area contributed by atoms with Crippen molar-refractivity contribution in [2.45, 2.75) is 51.2 Å². The molecule has 0 unspecified atom stereocenters. The minimum atomic E-state index is -0.166. The molecule has 0 aromatic heterocycles. The fraction of sp³-hybridized carbons (Fsp3) is 0.500. The highest BCUT2D eigenvalue weighted by Crippen LogP contribution is 2.39. The third kappa shape index (κ3) is 5.79. The summed E-state index contributed by atoms with van der Waals surface area (Å²) in [5, 5.41) is 2.36. The van der Waals surface area contributed by atoms with Gasteiger partial charge in [-0.15, -0.1) is 0 Å². The van der Waals surface area contributed by atoms with Crippen LogP contribution in [-0.4, -0.2) is 25.9 Å². The van der Waals surface area contributed by atoms with Crippen molar-refractivity contribution in [1.82, 2.24) is 0 Å². The Balaban J connectivity index is 1.61. The standard InChI is InChI=1S/C24H32FNO2/c1-24(2)16-20(13-15-28-24)23(19-6-8-21(25)9-7-19)12-14-26-17-18-4-10-22(27-3)11-5-18/h4-11,20,23,26H,12-17H2,1-3H3/p+1/t20-,23-/m0/s1. The van der Waals surface area contributed by atoms with E-state index in [1.807, 2.05) is 24.3 Å². The molecule has 2 aromatic rings. The van der Waals surface area contributed by atoms with E-state index in [9.17, 15) is 4.39 Å². The van der Waals surface area contributed by atoms with Crippen molar-refractivity contribution in [3.8, 4) is 5.75 Å². The summed E-state index contributed by atoms with van der Waals surface area (Å²) in [5.41, 5.74) is 2.47. The predicted octanol–water partition coefficient (Wildman–Crippen LogP) is 4.28. The van der Waals surface area contributed by atoms with Crippen molar-refractivity contribution in [3.63, 3.8) is 0 Å². The first-order valence-corrected chi connectivity index (χ1v) is 10.3. The van der Waals surface area contributed by atoms with Gasteiger partial charge in [0.25, 0.3) is 0 Å². The number of hydrogen-bond donors (Lipinski definition) is 1. The lowest BCUT2D eigenvalue weighted by Crippen LogP contribution is -2.82. The van der Waals surface area contributed by atoms with Crippen LogP contribution in [0, 0.1) is 11.7 Å². The minimum Gasteiger partial charge on any atom is -0.497 e. The van der Waals surface area contributed by atoms with Gasteiger partial charge in [0.2, 0.25) is 0 Å². The first-order chi connectivity index (χ1) is 13.5. The van der Waals surface area contributed by atoms with Crippen LogP contribution in [0.1, 0.15) is 50.2 Å². The molecule has 3 nitrogen and oxygen atoms in total. The zero-order valence-corrected chi connectivity index (χ0v) is 17.3. The van der Waals surface area contributed by atoms with Gasteiger partial charge in [-0.1, -0.05) is 12.1 Å². The van der Waals surface area contributed by atoms with E-state index in [4.69, 9.17) is 9.47 Å². The lowest BCUT2D eigenvalue weighted by molar-refractivity contribution is -0.671. The first-order valence-electron chi connectivity index (χ1n) is 10.3. The third-order valence-electron chi connectivity index (χ3n) is 5.82. The van der Waals surface area contributed by atoms with Gasteiger partial charge < -0.3 is 14.8 Å². The minimum absolute atomic E-state index is 0.0754. The van der Waals surface area contributed by atoms with E-state index in [0.29, 0.717) is 11.8 Å². The molecule has 1 aliphatic rings. The zero-order valence-electron chi connectivity index (χ0n) is 17.3. The van der Waals surface area contributed by atoms with E-state index in [1.165, 1.54) is 11.1 Å². The van der Waals surface area contributed by atoms with Gasteiger partial charge in [-0.3, -0.25) is 0 Å². The number of quaternary nitrogens is 1. The molecule has 1 fully saturated rings. The normalized spacial score (nSPS) is 19.9. The molecule has 0 amide bonds. The quantitative estimate of drug-likeness (QED) is 0.688. The largest absolute Gasteiger partial charge is 0.497 e. The van der Waals surface area contributed by atoms with Gasteiger partial charge in [-0.25, -0.2) is 4.39 Å². The van der Waals surface area contributed by atoms with Crippen molar-refractivity contribution in [3.05, 3.63) is 65.5 Å². The van der Waals surface area contributed by atoms with Crippen LogP contribution in [0.4, 0.5) is 4.39 Å². The summed E-state index contributed by atoms with van der Waals surface area (Å²) >= 11 is 0. The Kier molecular flexibility index (Phi) is 7.08. The monoisotopic (exact) mass is 386 g/mol. The Morgan fingerprint density at radius 2 is 1.86 bits per heavy atom. The fourth-order valence-corrected chi connectivity index (χ4v) is 4.33. The highest BCUT2D eigenvalue weighted by Gasteiger charge is 2.34. The lowest BCUT2D eigenvalue weighted by atomic mass is 9.75. The maximum atomic E-state index is 13.4. The van der Waals surface area contributed by atoms with Crippen LogP contribution in [-0.2, 0) is 11.3 Å². The Morgan fingerprint density at radius 1 is 1.14 bits per heavy atom. The van der Waals surface area contributed by atoms with Crippen molar-refractivity contribution < 1.29 is 19.2 Å². The van der Waals surface area contributed by atoms with Crippen LogP contribution in [0.25, 0.3) is 0 Å². The molecular weight excluding hydrogens is 353 g/mol. The molecule has 4 heteroatoms. The van der Waals surface area contributed by atoms with Crippen LogP contribution >= 0.6 is 0 Å². The molecule has 1 aliphatic heterocycles. The van der Waals surface area contributed by atoms with Crippen LogP contribution in [0.5, 0.6) is 5.75 Å². The second-order valence-corrected chi connectivity index (χ2v) is 8.44. The fourth-order valence-electron chi connectivity index (χ4n) is 4.33. The predicted molar refractivity (Wildman–Crippen MR) is 110 cm³/mol. The Labute approximate surface area is 168 Å². The van der Waals surface area contributed by atoms with E-state index in [0.717, 1.165) is 44.7 Å². The molecule has 28 heavy (non-hydrogen) atoms. The van der Waals surface area contributed by atoms with Crippen molar-refractivity contribution in [2.75, 3.05) is 20.3 Å². The lowest BCUT2D eigenvalue weighted by Gasteiger charge is -2.39. The number of rotatable bonds is 8. The Morgan fingerprint density at radius 3 is 2.50 bits per heavy atom. The maximum absolute atomic E-state index is 13.4.